The molecule has 2 aromatic rings. The van der Waals surface area contributed by atoms with Crippen LogP contribution in [0.1, 0.15) is 117 Å². The Morgan fingerprint density at radius 1 is 0.698 bits per heavy atom. The van der Waals surface area contributed by atoms with E-state index in [1.807, 2.05) is 0 Å². The van der Waals surface area contributed by atoms with Crippen LogP contribution in [0, 0.1) is 5.41 Å². The third-order valence-corrected chi connectivity index (χ3v) is 8.53. The zero-order valence-corrected chi connectivity index (χ0v) is 28.2. The van der Waals surface area contributed by atoms with Crippen molar-refractivity contribution in [3.8, 4) is 0 Å². The van der Waals surface area contributed by atoms with Gasteiger partial charge in [-0.2, -0.15) is 0 Å². The standard InChI is InChI=1S/C41H53NO/c1-39(2,3)34-21-13-10-18-30(34)25-27-33(32-20-12-15-23-36(32)41(7,8)9)37(42-29-17-16-24-38(42)43)28-26-31-19-11-14-22-35(31)40(4,5)6/h10,12-13,15,18-23,25-28H,11,14,16-17,24,29H2,1-9H3/b27-25+,28-26+,37-33-. The van der Waals surface area contributed by atoms with Crippen LogP contribution in [0.5, 0.6) is 0 Å². The van der Waals surface area contributed by atoms with Crippen molar-refractivity contribution in [1.82, 2.24) is 4.90 Å². The normalized spacial score (nSPS) is 17.8. The van der Waals surface area contributed by atoms with E-state index >= 15 is 0 Å². The number of allylic oxidation sites excluding steroid dienone is 8. The number of benzene rings is 2. The number of amides is 1. The molecular weight excluding hydrogens is 522 g/mol. The Hall–Kier alpha value is -3.39. The van der Waals surface area contributed by atoms with Crippen molar-refractivity contribution in [2.75, 3.05) is 6.54 Å². The first-order valence-corrected chi connectivity index (χ1v) is 16.2. The lowest BCUT2D eigenvalue weighted by atomic mass is 9.78. The van der Waals surface area contributed by atoms with Crippen LogP contribution in [0.3, 0.4) is 0 Å². The molecule has 0 saturated carbocycles. The first kappa shape index (κ1) is 32.5. The van der Waals surface area contributed by atoms with E-state index in [9.17, 15) is 4.79 Å². The quantitative estimate of drug-likeness (QED) is 0.314. The molecule has 0 atom stereocenters. The molecule has 1 fully saturated rings. The van der Waals surface area contributed by atoms with Crippen LogP contribution in [0.15, 0.2) is 95.8 Å². The summed E-state index contributed by atoms with van der Waals surface area (Å²) in [7, 11) is 0. The van der Waals surface area contributed by atoms with Gasteiger partial charge in [-0.3, -0.25) is 4.79 Å². The van der Waals surface area contributed by atoms with Crippen molar-refractivity contribution in [3.05, 3.63) is 118 Å². The predicted molar refractivity (Wildman–Crippen MR) is 186 cm³/mol. The first-order valence-electron chi connectivity index (χ1n) is 16.2. The Labute approximate surface area is 262 Å². The summed E-state index contributed by atoms with van der Waals surface area (Å²) >= 11 is 0. The van der Waals surface area contributed by atoms with Crippen molar-refractivity contribution < 1.29 is 4.79 Å². The van der Waals surface area contributed by atoms with Crippen LogP contribution in [0.25, 0.3) is 11.6 Å². The first-order chi connectivity index (χ1) is 20.2. The molecule has 0 N–H and O–H groups in total. The molecule has 2 aromatic carbocycles. The summed E-state index contributed by atoms with van der Waals surface area (Å²) in [6, 6.07) is 17.4. The van der Waals surface area contributed by atoms with E-state index in [4.69, 9.17) is 0 Å². The molecule has 1 aliphatic heterocycles. The van der Waals surface area contributed by atoms with Gasteiger partial charge in [-0.25, -0.2) is 0 Å². The zero-order chi connectivity index (χ0) is 31.4. The molecule has 1 aliphatic carbocycles. The second-order valence-electron chi connectivity index (χ2n) is 15.2. The van der Waals surface area contributed by atoms with Crippen LogP contribution in [-0.2, 0) is 15.6 Å². The Morgan fingerprint density at radius 3 is 1.98 bits per heavy atom. The Kier molecular flexibility index (Phi) is 9.90. The highest BCUT2D eigenvalue weighted by Crippen LogP contribution is 2.38. The average molecular weight is 576 g/mol. The highest BCUT2D eigenvalue weighted by molar-refractivity contribution is 5.89. The summed E-state index contributed by atoms with van der Waals surface area (Å²) in [4.78, 5) is 15.6. The van der Waals surface area contributed by atoms with Gasteiger partial charge in [-0.15, -0.1) is 0 Å². The molecule has 1 saturated heterocycles. The Bertz CT molecular complexity index is 1470. The van der Waals surface area contributed by atoms with Crippen LogP contribution in [0.4, 0.5) is 0 Å². The summed E-state index contributed by atoms with van der Waals surface area (Å²) in [5.41, 5.74) is 9.73. The largest absolute Gasteiger partial charge is 0.312 e. The minimum atomic E-state index is -0.0617. The third kappa shape index (κ3) is 7.96. The number of piperidine rings is 1. The summed E-state index contributed by atoms with van der Waals surface area (Å²) in [6.07, 6.45) is 18.5. The molecule has 1 heterocycles. The average Bonchev–Trinajstić information content (AvgIpc) is 2.94. The lowest BCUT2D eigenvalue weighted by Crippen LogP contribution is -2.34. The summed E-state index contributed by atoms with van der Waals surface area (Å²) in [5.74, 6) is 0.212. The van der Waals surface area contributed by atoms with Crippen molar-refractivity contribution in [3.63, 3.8) is 0 Å². The number of carbonyl (C=O) groups excluding carboxylic acids is 1. The van der Waals surface area contributed by atoms with Gasteiger partial charge in [0.1, 0.15) is 0 Å². The molecule has 228 valence electrons. The molecule has 0 unspecified atom stereocenters. The van der Waals surface area contributed by atoms with Crippen LogP contribution >= 0.6 is 0 Å². The number of nitrogens with zero attached hydrogens (tertiary/aromatic N) is 1. The minimum absolute atomic E-state index is 0.0167. The van der Waals surface area contributed by atoms with Crippen LogP contribution < -0.4 is 0 Å². The molecular formula is C41H53NO. The second kappa shape index (κ2) is 13.1. The number of hydrogen-bond acceptors (Lipinski definition) is 1. The maximum atomic E-state index is 13.6. The molecule has 0 bridgehead atoms. The van der Waals surface area contributed by atoms with Crippen molar-refractivity contribution in [2.45, 2.75) is 105 Å². The van der Waals surface area contributed by atoms with Gasteiger partial charge < -0.3 is 4.90 Å². The molecule has 2 aliphatic rings. The fourth-order valence-corrected chi connectivity index (χ4v) is 6.33. The van der Waals surface area contributed by atoms with Gasteiger partial charge in [0.15, 0.2) is 0 Å². The fourth-order valence-electron chi connectivity index (χ4n) is 6.33. The maximum Gasteiger partial charge on any atom is 0.226 e. The van der Waals surface area contributed by atoms with Gasteiger partial charge in [0.25, 0.3) is 0 Å². The monoisotopic (exact) mass is 575 g/mol. The van der Waals surface area contributed by atoms with Crippen LogP contribution in [0.2, 0.25) is 0 Å². The molecule has 0 radical (unpaired) electrons. The molecule has 2 heteroatoms. The van der Waals surface area contributed by atoms with Crippen molar-refractivity contribution in [1.29, 1.82) is 0 Å². The third-order valence-electron chi connectivity index (χ3n) is 8.53. The highest BCUT2D eigenvalue weighted by Gasteiger charge is 2.27. The number of hydrogen-bond donors (Lipinski definition) is 0. The lowest BCUT2D eigenvalue weighted by Gasteiger charge is -2.32. The fraction of sp³-hybridized carbons (Fsp3) is 0.439. The summed E-state index contributed by atoms with van der Waals surface area (Å²) in [6.45, 7) is 21.2. The number of likely N-dealkylation sites (tertiary alicyclic amines) is 1. The van der Waals surface area contributed by atoms with Crippen molar-refractivity contribution >= 4 is 17.6 Å². The molecule has 1 amide bonds. The Balaban J connectivity index is 2.01. The minimum Gasteiger partial charge on any atom is -0.312 e. The van der Waals surface area contributed by atoms with E-state index in [0.717, 1.165) is 43.5 Å². The van der Waals surface area contributed by atoms with E-state index in [-0.39, 0.29) is 22.2 Å². The Morgan fingerprint density at radius 2 is 1.33 bits per heavy atom. The van der Waals surface area contributed by atoms with Gasteiger partial charge in [-0.05, 0) is 81.4 Å². The van der Waals surface area contributed by atoms with E-state index in [0.29, 0.717) is 6.42 Å². The van der Waals surface area contributed by atoms with E-state index in [1.165, 1.54) is 33.4 Å². The molecule has 0 aromatic heterocycles. The van der Waals surface area contributed by atoms with Gasteiger partial charge in [0.05, 0.1) is 5.70 Å². The van der Waals surface area contributed by atoms with E-state index in [1.54, 1.807) is 0 Å². The lowest BCUT2D eigenvalue weighted by molar-refractivity contribution is -0.130. The summed E-state index contributed by atoms with van der Waals surface area (Å²) in [5, 5.41) is 0. The highest BCUT2D eigenvalue weighted by atomic mass is 16.2. The molecule has 43 heavy (non-hydrogen) atoms. The van der Waals surface area contributed by atoms with Gasteiger partial charge in [0, 0.05) is 18.5 Å². The topological polar surface area (TPSA) is 20.3 Å². The van der Waals surface area contributed by atoms with Crippen molar-refractivity contribution in [2.24, 2.45) is 5.41 Å². The van der Waals surface area contributed by atoms with Gasteiger partial charge >= 0.3 is 0 Å². The van der Waals surface area contributed by atoms with Crippen LogP contribution in [-0.4, -0.2) is 17.4 Å². The molecule has 4 rings (SSSR count). The molecule has 0 spiro atoms. The summed E-state index contributed by atoms with van der Waals surface area (Å²) < 4.78 is 0. The SMILES string of the molecule is CC(C)(C)C1=CCCC=C1/C=C/C(=C(\C=C\c1ccccc1C(C)(C)C)c1ccccc1C(C)(C)C)N1CCCCC1=O. The van der Waals surface area contributed by atoms with E-state index < -0.39 is 0 Å². The maximum absolute atomic E-state index is 13.6. The molecule has 2 nitrogen and oxygen atoms in total. The zero-order valence-electron chi connectivity index (χ0n) is 28.2. The smallest absolute Gasteiger partial charge is 0.226 e. The predicted octanol–water partition coefficient (Wildman–Crippen LogP) is 11.0. The van der Waals surface area contributed by atoms with Gasteiger partial charge in [0.2, 0.25) is 5.91 Å². The van der Waals surface area contributed by atoms with E-state index in [2.05, 4.69) is 152 Å². The number of rotatable bonds is 6. The van der Waals surface area contributed by atoms with Gasteiger partial charge in [-0.1, -0.05) is 141 Å². The number of carbonyl (C=O) groups is 1. The second-order valence-corrected chi connectivity index (χ2v) is 15.2.